The Morgan fingerprint density at radius 2 is 1.83 bits per heavy atom. The number of halogens is 1. The molecule has 1 amide bonds. The number of benzene rings is 2. The van der Waals surface area contributed by atoms with Crippen LogP contribution < -0.4 is 14.8 Å². The minimum absolute atomic E-state index is 0.243. The van der Waals surface area contributed by atoms with Crippen molar-refractivity contribution >= 4 is 23.2 Å². The van der Waals surface area contributed by atoms with Crippen molar-refractivity contribution in [3.63, 3.8) is 0 Å². The van der Waals surface area contributed by atoms with Gasteiger partial charge in [0, 0.05) is 24.8 Å². The van der Waals surface area contributed by atoms with Crippen molar-refractivity contribution in [2.45, 2.75) is 6.61 Å². The molecule has 6 heteroatoms. The van der Waals surface area contributed by atoms with Crippen LogP contribution >= 0.6 is 11.6 Å². The number of fused-ring (bicyclic) bond motifs is 1. The third-order valence-electron chi connectivity index (χ3n) is 3.41. The quantitative estimate of drug-likeness (QED) is 0.930. The van der Waals surface area contributed by atoms with E-state index in [0.717, 1.165) is 5.56 Å². The lowest BCUT2D eigenvalue weighted by atomic mass is 10.1. The van der Waals surface area contributed by atoms with E-state index in [4.69, 9.17) is 25.8 Å². The molecule has 0 spiro atoms. The van der Waals surface area contributed by atoms with Crippen molar-refractivity contribution in [2.24, 2.45) is 0 Å². The maximum Gasteiger partial charge on any atom is 0.255 e. The van der Waals surface area contributed by atoms with Crippen LogP contribution in [0.25, 0.3) is 0 Å². The summed E-state index contributed by atoms with van der Waals surface area (Å²) in [6.07, 6.45) is 0. The monoisotopic (exact) mass is 333 g/mol. The van der Waals surface area contributed by atoms with E-state index in [9.17, 15) is 4.79 Å². The van der Waals surface area contributed by atoms with Crippen molar-refractivity contribution in [1.82, 2.24) is 0 Å². The number of methoxy groups -OCH3 is 1. The first-order chi connectivity index (χ1) is 11.2. The Morgan fingerprint density at radius 3 is 2.48 bits per heavy atom. The summed E-state index contributed by atoms with van der Waals surface area (Å²) in [5.74, 6) is 0.919. The lowest BCUT2D eigenvalue weighted by molar-refractivity contribution is 0.102. The van der Waals surface area contributed by atoms with Crippen molar-refractivity contribution in [3.05, 3.63) is 52.5 Å². The van der Waals surface area contributed by atoms with Gasteiger partial charge in [0.05, 0.1) is 17.3 Å². The highest BCUT2D eigenvalue weighted by atomic mass is 35.5. The van der Waals surface area contributed by atoms with Gasteiger partial charge < -0.3 is 19.5 Å². The molecule has 1 heterocycles. The zero-order valence-electron chi connectivity index (χ0n) is 12.6. The van der Waals surface area contributed by atoms with Gasteiger partial charge in [0.15, 0.2) is 11.5 Å². The SMILES string of the molecule is COCc1ccc(C(=O)Nc2cc3c(cc2Cl)OCCO3)cc1. The molecule has 3 rings (SSSR count). The zero-order valence-corrected chi connectivity index (χ0v) is 13.4. The molecule has 2 aromatic rings. The van der Waals surface area contributed by atoms with E-state index in [-0.39, 0.29) is 5.91 Å². The molecule has 0 atom stereocenters. The van der Waals surface area contributed by atoms with E-state index < -0.39 is 0 Å². The van der Waals surface area contributed by atoms with Crippen LogP contribution in [0.3, 0.4) is 0 Å². The number of hydrogen-bond donors (Lipinski definition) is 1. The molecule has 5 nitrogen and oxygen atoms in total. The highest BCUT2D eigenvalue weighted by molar-refractivity contribution is 6.34. The number of amides is 1. The molecule has 0 saturated heterocycles. The number of carbonyl (C=O) groups excluding carboxylic acids is 1. The summed E-state index contributed by atoms with van der Waals surface area (Å²) in [5.41, 5.74) is 2.03. The number of carbonyl (C=O) groups is 1. The van der Waals surface area contributed by atoms with Crippen LogP contribution in [0, 0.1) is 0 Å². The second-order valence-electron chi connectivity index (χ2n) is 5.06. The van der Waals surface area contributed by atoms with E-state index in [1.807, 2.05) is 12.1 Å². The summed E-state index contributed by atoms with van der Waals surface area (Å²) < 4.78 is 16.0. The molecule has 0 bridgehead atoms. The number of rotatable bonds is 4. The molecule has 0 aromatic heterocycles. The predicted octanol–water partition coefficient (Wildman–Crippen LogP) is 3.51. The minimum Gasteiger partial charge on any atom is -0.486 e. The summed E-state index contributed by atoms with van der Waals surface area (Å²) in [4.78, 5) is 12.3. The molecule has 0 unspecified atom stereocenters. The second kappa shape index (κ2) is 6.89. The molecule has 120 valence electrons. The topological polar surface area (TPSA) is 56.8 Å². The molecular weight excluding hydrogens is 318 g/mol. The first kappa shape index (κ1) is 15.6. The Morgan fingerprint density at radius 1 is 1.17 bits per heavy atom. The van der Waals surface area contributed by atoms with Crippen LogP contribution in [-0.4, -0.2) is 26.2 Å². The van der Waals surface area contributed by atoms with E-state index in [2.05, 4.69) is 5.32 Å². The zero-order chi connectivity index (χ0) is 16.2. The number of nitrogens with one attached hydrogen (secondary N) is 1. The fourth-order valence-electron chi connectivity index (χ4n) is 2.27. The van der Waals surface area contributed by atoms with Gasteiger partial charge in [-0.3, -0.25) is 4.79 Å². The van der Waals surface area contributed by atoms with E-state index in [1.54, 1.807) is 31.4 Å². The average Bonchev–Trinajstić information content (AvgIpc) is 2.56. The number of ether oxygens (including phenoxy) is 3. The molecule has 0 saturated carbocycles. The number of anilines is 1. The lowest BCUT2D eigenvalue weighted by Crippen LogP contribution is -2.17. The fraction of sp³-hybridized carbons (Fsp3) is 0.235. The van der Waals surface area contributed by atoms with Crippen molar-refractivity contribution in [2.75, 3.05) is 25.6 Å². The molecule has 1 aliphatic heterocycles. The Bertz CT molecular complexity index is 715. The molecule has 0 fully saturated rings. The largest absolute Gasteiger partial charge is 0.486 e. The maximum atomic E-state index is 12.3. The standard InChI is InChI=1S/C17H16ClNO4/c1-21-10-11-2-4-12(5-3-11)17(20)19-14-9-16-15(8-13(14)18)22-6-7-23-16/h2-5,8-9H,6-7,10H2,1H3,(H,19,20). The Labute approximate surface area is 139 Å². The van der Waals surface area contributed by atoms with Gasteiger partial charge in [-0.2, -0.15) is 0 Å². The molecule has 1 N–H and O–H groups in total. The first-order valence-corrected chi connectivity index (χ1v) is 7.53. The van der Waals surface area contributed by atoms with Crippen LogP contribution in [0.2, 0.25) is 5.02 Å². The molecule has 0 radical (unpaired) electrons. The van der Waals surface area contributed by atoms with Gasteiger partial charge in [-0.15, -0.1) is 0 Å². The van der Waals surface area contributed by atoms with Gasteiger partial charge in [0.1, 0.15) is 13.2 Å². The van der Waals surface area contributed by atoms with E-state index in [0.29, 0.717) is 47.6 Å². The van der Waals surface area contributed by atoms with Gasteiger partial charge in [0.2, 0.25) is 0 Å². The predicted molar refractivity (Wildman–Crippen MR) is 87.6 cm³/mol. The molecule has 23 heavy (non-hydrogen) atoms. The second-order valence-corrected chi connectivity index (χ2v) is 5.47. The van der Waals surface area contributed by atoms with Gasteiger partial charge >= 0.3 is 0 Å². The van der Waals surface area contributed by atoms with Gasteiger partial charge in [-0.25, -0.2) is 0 Å². The first-order valence-electron chi connectivity index (χ1n) is 7.16. The van der Waals surface area contributed by atoms with Crippen LogP contribution in [-0.2, 0) is 11.3 Å². The van der Waals surface area contributed by atoms with E-state index >= 15 is 0 Å². The van der Waals surface area contributed by atoms with Crippen molar-refractivity contribution < 1.29 is 19.0 Å². The lowest BCUT2D eigenvalue weighted by Gasteiger charge is -2.20. The summed E-state index contributed by atoms with van der Waals surface area (Å²) in [6, 6.07) is 10.5. The third-order valence-corrected chi connectivity index (χ3v) is 3.72. The Hall–Kier alpha value is -2.24. The third kappa shape index (κ3) is 3.57. The number of hydrogen-bond acceptors (Lipinski definition) is 4. The fourth-order valence-corrected chi connectivity index (χ4v) is 2.47. The summed E-state index contributed by atoms with van der Waals surface area (Å²) >= 11 is 6.19. The van der Waals surface area contributed by atoms with Crippen LogP contribution in [0.1, 0.15) is 15.9 Å². The highest BCUT2D eigenvalue weighted by Gasteiger charge is 2.16. The van der Waals surface area contributed by atoms with Crippen molar-refractivity contribution in [1.29, 1.82) is 0 Å². The Balaban J connectivity index is 1.77. The summed E-state index contributed by atoms with van der Waals surface area (Å²) in [7, 11) is 1.63. The van der Waals surface area contributed by atoms with Crippen LogP contribution in [0.5, 0.6) is 11.5 Å². The molecule has 1 aliphatic rings. The Kier molecular flexibility index (Phi) is 4.69. The molecule has 0 aliphatic carbocycles. The normalized spacial score (nSPS) is 12.8. The van der Waals surface area contributed by atoms with E-state index in [1.165, 1.54) is 0 Å². The molecule has 2 aromatic carbocycles. The molecular formula is C17H16ClNO4. The average molecular weight is 334 g/mol. The van der Waals surface area contributed by atoms with Crippen LogP contribution in [0.4, 0.5) is 5.69 Å². The summed E-state index contributed by atoms with van der Waals surface area (Å²) in [6.45, 7) is 1.47. The smallest absolute Gasteiger partial charge is 0.255 e. The highest BCUT2D eigenvalue weighted by Crippen LogP contribution is 2.38. The minimum atomic E-state index is -0.243. The van der Waals surface area contributed by atoms with Gasteiger partial charge in [0.25, 0.3) is 5.91 Å². The van der Waals surface area contributed by atoms with Crippen molar-refractivity contribution in [3.8, 4) is 11.5 Å². The van der Waals surface area contributed by atoms with Crippen LogP contribution in [0.15, 0.2) is 36.4 Å². The van der Waals surface area contributed by atoms with Gasteiger partial charge in [-0.1, -0.05) is 23.7 Å². The van der Waals surface area contributed by atoms with Gasteiger partial charge in [-0.05, 0) is 17.7 Å². The summed E-state index contributed by atoms with van der Waals surface area (Å²) in [5, 5.41) is 3.19. The maximum absolute atomic E-state index is 12.3.